The van der Waals surface area contributed by atoms with Gasteiger partial charge in [0.2, 0.25) is 11.0 Å². The fourth-order valence-corrected chi connectivity index (χ4v) is 3.87. The second-order valence-corrected chi connectivity index (χ2v) is 8.09. The summed E-state index contributed by atoms with van der Waals surface area (Å²) in [6, 6.07) is 18.0. The van der Waals surface area contributed by atoms with Gasteiger partial charge in [0.05, 0.1) is 6.54 Å². The zero-order valence-corrected chi connectivity index (χ0v) is 17.7. The van der Waals surface area contributed by atoms with Gasteiger partial charge in [0.1, 0.15) is 0 Å². The standard InChI is InChI=1S/C21H24N8S/c1-16-10-12-18(13-11-16)20-24-25-21(29(20)22)30-15-7-3-6-14-28-26-19(23-27-28)17-8-4-2-5-9-17/h2,4-5,8-13H,3,6-7,14-15,22H2,1H3. The summed E-state index contributed by atoms with van der Waals surface area (Å²) < 4.78 is 1.57. The van der Waals surface area contributed by atoms with Crippen molar-refractivity contribution in [1.29, 1.82) is 0 Å². The Kier molecular flexibility index (Phi) is 6.38. The van der Waals surface area contributed by atoms with E-state index >= 15 is 0 Å². The monoisotopic (exact) mass is 420 g/mol. The van der Waals surface area contributed by atoms with Gasteiger partial charge in [0.15, 0.2) is 5.82 Å². The number of hydrogen-bond acceptors (Lipinski definition) is 7. The number of unbranched alkanes of at least 4 members (excludes halogenated alkanes) is 2. The summed E-state index contributed by atoms with van der Waals surface area (Å²) in [6.45, 7) is 2.81. The topological polar surface area (TPSA) is 100 Å². The van der Waals surface area contributed by atoms with Gasteiger partial charge in [-0.25, -0.2) is 4.68 Å². The molecule has 0 spiro atoms. The normalized spacial score (nSPS) is 11.1. The van der Waals surface area contributed by atoms with Crippen molar-refractivity contribution in [3.8, 4) is 22.8 Å². The molecule has 0 saturated carbocycles. The lowest BCUT2D eigenvalue weighted by Gasteiger charge is -2.04. The lowest BCUT2D eigenvalue weighted by atomic mass is 10.1. The van der Waals surface area contributed by atoms with Crippen molar-refractivity contribution in [2.45, 2.75) is 37.9 Å². The minimum absolute atomic E-state index is 0.665. The molecule has 0 radical (unpaired) electrons. The number of thioether (sulfide) groups is 1. The smallest absolute Gasteiger partial charge is 0.210 e. The van der Waals surface area contributed by atoms with Crippen LogP contribution in [0.2, 0.25) is 0 Å². The van der Waals surface area contributed by atoms with Crippen molar-refractivity contribution in [3.63, 3.8) is 0 Å². The summed E-state index contributed by atoms with van der Waals surface area (Å²) in [5.74, 6) is 8.47. The first-order chi connectivity index (χ1) is 14.7. The first-order valence-electron chi connectivity index (χ1n) is 9.94. The average Bonchev–Trinajstić information content (AvgIpc) is 3.39. The number of aromatic nitrogens is 7. The van der Waals surface area contributed by atoms with Crippen molar-refractivity contribution in [1.82, 2.24) is 35.1 Å². The molecule has 30 heavy (non-hydrogen) atoms. The van der Waals surface area contributed by atoms with Crippen LogP contribution in [0.25, 0.3) is 22.8 Å². The Morgan fingerprint density at radius 3 is 2.47 bits per heavy atom. The molecule has 2 aromatic carbocycles. The number of aryl methyl sites for hydroxylation is 2. The number of benzene rings is 2. The fraction of sp³-hybridized carbons (Fsp3) is 0.286. The number of hydrogen-bond donors (Lipinski definition) is 1. The van der Waals surface area contributed by atoms with Gasteiger partial charge in [-0.05, 0) is 25.0 Å². The molecule has 2 N–H and O–H groups in total. The predicted octanol–water partition coefficient (Wildman–Crippen LogP) is 3.58. The van der Waals surface area contributed by atoms with Crippen LogP contribution in [0.3, 0.4) is 0 Å². The van der Waals surface area contributed by atoms with Gasteiger partial charge in [-0.2, -0.15) is 4.80 Å². The van der Waals surface area contributed by atoms with E-state index in [0.29, 0.717) is 11.6 Å². The Bertz CT molecular complexity index is 1070. The SMILES string of the molecule is Cc1ccc(-c2nnc(SCCCCCn3nnc(-c4ccccc4)n3)n2N)cc1. The van der Waals surface area contributed by atoms with Crippen LogP contribution in [0.1, 0.15) is 24.8 Å². The van der Waals surface area contributed by atoms with Gasteiger partial charge in [-0.1, -0.05) is 78.3 Å². The summed E-state index contributed by atoms with van der Waals surface area (Å²) in [7, 11) is 0. The molecule has 0 saturated heterocycles. The highest BCUT2D eigenvalue weighted by atomic mass is 32.2. The first-order valence-corrected chi connectivity index (χ1v) is 10.9. The molecule has 9 heteroatoms. The van der Waals surface area contributed by atoms with Crippen LogP contribution in [0.4, 0.5) is 0 Å². The van der Waals surface area contributed by atoms with Crippen LogP contribution < -0.4 is 5.84 Å². The molecular weight excluding hydrogens is 396 g/mol. The van der Waals surface area contributed by atoms with Crippen LogP contribution in [-0.4, -0.2) is 40.8 Å². The van der Waals surface area contributed by atoms with Crippen molar-refractivity contribution in [2.75, 3.05) is 11.6 Å². The Morgan fingerprint density at radius 2 is 1.67 bits per heavy atom. The molecule has 8 nitrogen and oxygen atoms in total. The first kappa shape index (κ1) is 20.1. The van der Waals surface area contributed by atoms with Gasteiger partial charge >= 0.3 is 0 Å². The number of tetrazole rings is 1. The Morgan fingerprint density at radius 1 is 0.867 bits per heavy atom. The number of nitrogens with two attached hydrogens (primary N) is 1. The van der Waals surface area contributed by atoms with Crippen LogP contribution in [0, 0.1) is 6.92 Å². The summed E-state index contributed by atoms with van der Waals surface area (Å²) in [5.41, 5.74) is 3.16. The largest absolute Gasteiger partial charge is 0.335 e. The highest BCUT2D eigenvalue weighted by Gasteiger charge is 2.12. The third-order valence-electron chi connectivity index (χ3n) is 4.69. The molecule has 0 atom stereocenters. The van der Waals surface area contributed by atoms with Gasteiger partial charge < -0.3 is 5.84 Å². The van der Waals surface area contributed by atoms with Crippen LogP contribution >= 0.6 is 11.8 Å². The minimum atomic E-state index is 0.665. The van der Waals surface area contributed by atoms with Crippen LogP contribution in [-0.2, 0) is 6.54 Å². The molecule has 154 valence electrons. The van der Waals surface area contributed by atoms with E-state index in [0.717, 1.165) is 47.8 Å². The van der Waals surface area contributed by atoms with Gasteiger partial charge in [0.25, 0.3) is 0 Å². The zero-order chi connectivity index (χ0) is 20.8. The highest BCUT2D eigenvalue weighted by Crippen LogP contribution is 2.22. The molecule has 0 aliphatic heterocycles. The molecule has 2 heterocycles. The molecule has 0 bridgehead atoms. The quantitative estimate of drug-likeness (QED) is 0.251. The summed E-state index contributed by atoms with van der Waals surface area (Å²) in [4.78, 5) is 1.67. The van der Waals surface area contributed by atoms with Gasteiger partial charge in [0, 0.05) is 16.9 Å². The highest BCUT2D eigenvalue weighted by molar-refractivity contribution is 7.99. The van der Waals surface area contributed by atoms with E-state index in [1.165, 1.54) is 5.56 Å². The molecular formula is C21H24N8S. The molecule has 4 rings (SSSR count). The van der Waals surface area contributed by atoms with Crippen molar-refractivity contribution >= 4 is 11.8 Å². The molecule has 0 aliphatic rings. The maximum absolute atomic E-state index is 6.18. The van der Waals surface area contributed by atoms with Gasteiger partial charge in [-0.15, -0.1) is 20.4 Å². The molecule has 4 aromatic rings. The van der Waals surface area contributed by atoms with E-state index in [2.05, 4.69) is 32.5 Å². The van der Waals surface area contributed by atoms with E-state index in [4.69, 9.17) is 5.84 Å². The third kappa shape index (κ3) is 4.85. The van der Waals surface area contributed by atoms with E-state index in [1.807, 2.05) is 54.6 Å². The molecule has 2 aromatic heterocycles. The number of nitrogens with zero attached hydrogens (tertiary/aromatic N) is 7. The van der Waals surface area contributed by atoms with Crippen LogP contribution in [0.5, 0.6) is 0 Å². The second kappa shape index (κ2) is 9.53. The van der Waals surface area contributed by atoms with E-state index in [9.17, 15) is 0 Å². The van der Waals surface area contributed by atoms with Crippen LogP contribution in [0.15, 0.2) is 59.8 Å². The second-order valence-electron chi connectivity index (χ2n) is 7.03. The van der Waals surface area contributed by atoms with Crippen molar-refractivity contribution in [2.24, 2.45) is 0 Å². The maximum Gasteiger partial charge on any atom is 0.210 e. The maximum atomic E-state index is 6.18. The van der Waals surface area contributed by atoms with Crippen molar-refractivity contribution in [3.05, 3.63) is 60.2 Å². The van der Waals surface area contributed by atoms with E-state index in [-0.39, 0.29) is 0 Å². The fourth-order valence-electron chi connectivity index (χ4n) is 3.01. The molecule has 0 unspecified atom stereocenters. The Labute approximate surface area is 179 Å². The summed E-state index contributed by atoms with van der Waals surface area (Å²) >= 11 is 1.63. The van der Waals surface area contributed by atoms with Crippen molar-refractivity contribution < 1.29 is 0 Å². The summed E-state index contributed by atoms with van der Waals surface area (Å²) in [6.07, 6.45) is 3.12. The predicted molar refractivity (Wildman–Crippen MR) is 118 cm³/mol. The minimum Gasteiger partial charge on any atom is -0.335 e. The Hall–Kier alpha value is -3.20. The number of rotatable bonds is 9. The summed E-state index contributed by atoms with van der Waals surface area (Å²) in [5, 5.41) is 21.9. The molecule has 0 amide bonds. The van der Waals surface area contributed by atoms with Gasteiger partial charge in [-0.3, -0.25) is 0 Å². The molecule has 0 aliphatic carbocycles. The average molecular weight is 421 g/mol. The zero-order valence-electron chi connectivity index (χ0n) is 16.8. The van der Waals surface area contributed by atoms with E-state index in [1.54, 1.807) is 21.2 Å². The lowest BCUT2D eigenvalue weighted by Crippen LogP contribution is -2.11. The lowest BCUT2D eigenvalue weighted by molar-refractivity contribution is 0.487. The third-order valence-corrected chi connectivity index (χ3v) is 5.72. The van der Waals surface area contributed by atoms with E-state index < -0.39 is 0 Å². The number of nitrogen functional groups attached to an aromatic ring is 1. The Balaban J connectivity index is 1.20. The molecule has 0 fully saturated rings.